The van der Waals surface area contributed by atoms with Gasteiger partial charge in [-0.15, -0.1) is 0 Å². The molecular weight excluding hydrogens is 378 g/mol. The smallest absolute Gasteiger partial charge is 0.334 e. The second-order valence-electron chi connectivity index (χ2n) is 7.85. The number of rotatable bonds is 6. The number of carbonyl (C=O) groups is 2. The minimum Gasteiger partial charge on any atom is -0.463 e. The zero-order valence-electron chi connectivity index (χ0n) is 17.3. The Labute approximate surface area is 176 Å². The van der Waals surface area contributed by atoms with Crippen LogP contribution in [0.15, 0.2) is 65.7 Å². The SMILES string of the molecule is CCOC(=O)C1=C(C(=O)OCC)C2CC1C(c1ccccc1)C2c1ccc(N)cc1. The topological polar surface area (TPSA) is 78.6 Å². The third kappa shape index (κ3) is 3.38. The fourth-order valence-electron chi connectivity index (χ4n) is 5.27. The highest BCUT2D eigenvalue weighted by atomic mass is 16.5. The number of hydrogen-bond acceptors (Lipinski definition) is 5. The summed E-state index contributed by atoms with van der Waals surface area (Å²) in [7, 11) is 0. The van der Waals surface area contributed by atoms with E-state index in [0.29, 0.717) is 16.8 Å². The van der Waals surface area contributed by atoms with Crippen LogP contribution in [0.1, 0.15) is 43.2 Å². The van der Waals surface area contributed by atoms with Crippen molar-refractivity contribution >= 4 is 17.6 Å². The van der Waals surface area contributed by atoms with Gasteiger partial charge < -0.3 is 15.2 Å². The molecule has 4 unspecified atom stereocenters. The first-order chi connectivity index (χ1) is 14.6. The molecule has 2 aromatic carbocycles. The predicted molar refractivity (Wildman–Crippen MR) is 115 cm³/mol. The van der Waals surface area contributed by atoms with E-state index in [9.17, 15) is 9.59 Å². The van der Waals surface area contributed by atoms with Crippen LogP contribution in [-0.4, -0.2) is 25.2 Å². The molecule has 2 aliphatic carbocycles. The molecule has 2 aliphatic rings. The lowest BCUT2D eigenvalue weighted by atomic mass is 9.70. The standard InChI is InChI=1S/C25H27NO4/c1-3-29-24(27)22-18-14-19(23(22)25(28)30-4-2)21(16-10-12-17(26)13-11-16)20(18)15-8-6-5-7-9-15/h5-13,18-21H,3-4,14,26H2,1-2H3. The van der Waals surface area contributed by atoms with Crippen molar-refractivity contribution < 1.29 is 19.1 Å². The van der Waals surface area contributed by atoms with Crippen LogP contribution in [0.3, 0.4) is 0 Å². The van der Waals surface area contributed by atoms with Crippen LogP contribution >= 0.6 is 0 Å². The molecule has 0 aromatic heterocycles. The van der Waals surface area contributed by atoms with Crippen molar-refractivity contribution in [3.05, 3.63) is 76.9 Å². The van der Waals surface area contributed by atoms with E-state index in [1.807, 2.05) is 42.5 Å². The van der Waals surface area contributed by atoms with E-state index in [1.165, 1.54) is 0 Å². The Morgan fingerprint density at radius 1 is 0.800 bits per heavy atom. The van der Waals surface area contributed by atoms with Crippen LogP contribution in [0.5, 0.6) is 0 Å². The largest absolute Gasteiger partial charge is 0.463 e. The summed E-state index contributed by atoms with van der Waals surface area (Å²) >= 11 is 0. The predicted octanol–water partition coefficient (Wildman–Crippen LogP) is 4.21. The highest BCUT2D eigenvalue weighted by Gasteiger charge is 2.57. The van der Waals surface area contributed by atoms with Gasteiger partial charge in [-0.25, -0.2) is 9.59 Å². The zero-order chi connectivity index (χ0) is 21.3. The molecule has 0 saturated heterocycles. The summed E-state index contributed by atoms with van der Waals surface area (Å²) in [5.41, 5.74) is 9.89. The maximum Gasteiger partial charge on any atom is 0.334 e. The van der Waals surface area contributed by atoms with E-state index < -0.39 is 11.9 Å². The first-order valence-electron chi connectivity index (χ1n) is 10.5. The van der Waals surface area contributed by atoms with Gasteiger partial charge in [0.1, 0.15) is 0 Å². The molecule has 0 heterocycles. The molecule has 4 atom stereocenters. The molecule has 0 radical (unpaired) electrons. The Bertz CT molecular complexity index is 964. The lowest BCUT2D eigenvalue weighted by Gasteiger charge is -2.34. The van der Waals surface area contributed by atoms with Crippen molar-refractivity contribution in [2.24, 2.45) is 11.8 Å². The van der Waals surface area contributed by atoms with Crippen molar-refractivity contribution in [3.8, 4) is 0 Å². The van der Waals surface area contributed by atoms with Gasteiger partial charge in [0.2, 0.25) is 0 Å². The normalized spacial score (nSPS) is 24.7. The highest BCUT2D eigenvalue weighted by Crippen LogP contribution is 2.63. The van der Waals surface area contributed by atoms with E-state index in [-0.39, 0.29) is 36.9 Å². The maximum absolute atomic E-state index is 12.9. The summed E-state index contributed by atoms with van der Waals surface area (Å²) < 4.78 is 10.7. The van der Waals surface area contributed by atoms with Gasteiger partial charge in [0.25, 0.3) is 0 Å². The minimum atomic E-state index is -0.403. The van der Waals surface area contributed by atoms with E-state index in [4.69, 9.17) is 15.2 Å². The third-order valence-corrected chi connectivity index (χ3v) is 6.29. The van der Waals surface area contributed by atoms with Crippen LogP contribution in [0.25, 0.3) is 0 Å². The summed E-state index contributed by atoms with van der Waals surface area (Å²) in [6.07, 6.45) is 0.733. The summed E-state index contributed by atoms with van der Waals surface area (Å²) in [6, 6.07) is 18.1. The van der Waals surface area contributed by atoms with Gasteiger partial charge in [0.15, 0.2) is 0 Å². The first kappa shape index (κ1) is 20.2. The number of nitrogen functional groups attached to an aromatic ring is 1. The second-order valence-corrected chi connectivity index (χ2v) is 7.85. The monoisotopic (exact) mass is 405 g/mol. The van der Waals surface area contributed by atoms with Crippen LogP contribution in [-0.2, 0) is 19.1 Å². The molecule has 1 saturated carbocycles. The number of fused-ring (bicyclic) bond motifs is 2. The minimum absolute atomic E-state index is 0.0654. The number of esters is 2. The fraction of sp³-hybridized carbons (Fsp3) is 0.360. The highest BCUT2D eigenvalue weighted by molar-refractivity contribution is 6.03. The molecule has 2 bridgehead atoms. The fourth-order valence-corrected chi connectivity index (χ4v) is 5.27. The van der Waals surface area contributed by atoms with Crippen molar-refractivity contribution in [1.82, 2.24) is 0 Å². The Kier molecular flexibility index (Phi) is 5.62. The number of anilines is 1. The molecule has 0 spiro atoms. The average molecular weight is 405 g/mol. The summed E-state index contributed by atoms with van der Waals surface area (Å²) in [5, 5.41) is 0. The Balaban J connectivity index is 1.87. The van der Waals surface area contributed by atoms with Crippen molar-refractivity contribution in [2.75, 3.05) is 18.9 Å². The molecule has 1 fully saturated rings. The molecule has 4 rings (SSSR count). The number of ether oxygens (including phenoxy) is 2. The average Bonchev–Trinajstić information content (AvgIpc) is 3.32. The van der Waals surface area contributed by atoms with Gasteiger partial charge in [-0.3, -0.25) is 0 Å². The third-order valence-electron chi connectivity index (χ3n) is 6.29. The number of nitrogens with two attached hydrogens (primary N) is 1. The molecule has 0 aliphatic heterocycles. The molecule has 156 valence electrons. The van der Waals surface area contributed by atoms with Crippen LogP contribution in [0, 0.1) is 11.8 Å². The molecule has 5 nitrogen and oxygen atoms in total. The molecule has 30 heavy (non-hydrogen) atoms. The van der Waals surface area contributed by atoms with E-state index in [2.05, 4.69) is 12.1 Å². The van der Waals surface area contributed by atoms with Crippen LogP contribution in [0.2, 0.25) is 0 Å². The Hall–Kier alpha value is -3.08. The van der Waals surface area contributed by atoms with Gasteiger partial charge in [0, 0.05) is 5.69 Å². The number of hydrogen-bond donors (Lipinski definition) is 1. The van der Waals surface area contributed by atoms with Gasteiger partial charge in [0.05, 0.1) is 24.4 Å². The zero-order valence-corrected chi connectivity index (χ0v) is 17.3. The van der Waals surface area contributed by atoms with E-state index in [1.54, 1.807) is 13.8 Å². The lowest BCUT2D eigenvalue weighted by molar-refractivity contribution is -0.142. The summed E-state index contributed by atoms with van der Waals surface area (Å²) in [4.78, 5) is 25.8. The summed E-state index contributed by atoms with van der Waals surface area (Å²) in [6.45, 7) is 4.10. The van der Waals surface area contributed by atoms with Crippen LogP contribution in [0.4, 0.5) is 5.69 Å². The van der Waals surface area contributed by atoms with Gasteiger partial charge >= 0.3 is 11.9 Å². The summed E-state index contributed by atoms with van der Waals surface area (Å²) in [5.74, 6) is -0.835. The van der Waals surface area contributed by atoms with Gasteiger partial charge in [-0.1, -0.05) is 42.5 Å². The molecular formula is C25H27NO4. The molecule has 0 amide bonds. The molecule has 2 N–H and O–H groups in total. The van der Waals surface area contributed by atoms with Crippen molar-refractivity contribution in [3.63, 3.8) is 0 Å². The Morgan fingerprint density at radius 3 is 1.73 bits per heavy atom. The molecule has 2 aromatic rings. The maximum atomic E-state index is 12.9. The first-order valence-corrected chi connectivity index (χ1v) is 10.5. The van der Waals surface area contributed by atoms with Crippen LogP contribution < -0.4 is 5.73 Å². The van der Waals surface area contributed by atoms with E-state index in [0.717, 1.165) is 17.5 Å². The van der Waals surface area contributed by atoms with Gasteiger partial charge in [-0.2, -0.15) is 0 Å². The quantitative estimate of drug-likeness (QED) is 0.575. The van der Waals surface area contributed by atoms with Crippen molar-refractivity contribution in [2.45, 2.75) is 32.1 Å². The van der Waals surface area contributed by atoms with Gasteiger partial charge in [-0.05, 0) is 67.2 Å². The second kappa shape index (κ2) is 8.34. The van der Waals surface area contributed by atoms with E-state index >= 15 is 0 Å². The number of benzene rings is 2. The lowest BCUT2D eigenvalue weighted by Crippen LogP contribution is -2.29. The Morgan fingerprint density at radius 2 is 1.27 bits per heavy atom. The number of carbonyl (C=O) groups excluding carboxylic acids is 2. The van der Waals surface area contributed by atoms with Crippen molar-refractivity contribution in [1.29, 1.82) is 0 Å². The molecule has 5 heteroatoms.